The molecule has 17 heavy (non-hydrogen) atoms. The lowest BCUT2D eigenvalue weighted by molar-refractivity contribution is 0.183. The second-order valence-electron chi connectivity index (χ2n) is 4.30. The van der Waals surface area contributed by atoms with Gasteiger partial charge in [0.25, 0.3) is 0 Å². The molecule has 0 saturated heterocycles. The van der Waals surface area contributed by atoms with Crippen molar-refractivity contribution in [3.63, 3.8) is 0 Å². The van der Waals surface area contributed by atoms with E-state index in [9.17, 15) is 9.50 Å². The summed E-state index contributed by atoms with van der Waals surface area (Å²) in [7, 11) is 3.45. The van der Waals surface area contributed by atoms with Crippen molar-refractivity contribution in [3.05, 3.63) is 29.6 Å². The number of aliphatic hydroxyl groups is 1. The van der Waals surface area contributed by atoms with E-state index in [0.29, 0.717) is 17.9 Å². The Bertz CT molecular complexity index is 368. The summed E-state index contributed by atoms with van der Waals surface area (Å²) in [4.78, 5) is 1.82. The molecule has 0 spiro atoms. The second kappa shape index (κ2) is 5.98. The van der Waals surface area contributed by atoms with Crippen molar-refractivity contribution in [2.24, 2.45) is 0 Å². The van der Waals surface area contributed by atoms with Crippen LogP contribution in [-0.2, 0) is 4.74 Å². The van der Waals surface area contributed by atoms with E-state index >= 15 is 0 Å². The summed E-state index contributed by atoms with van der Waals surface area (Å²) in [5, 5.41) is 9.37. The summed E-state index contributed by atoms with van der Waals surface area (Å²) in [5.74, 6) is -0.325. The number of aliphatic hydroxyl groups excluding tert-OH is 1. The lowest BCUT2D eigenvalue weighted by Gasteiger charge is -2.27. The average Bonchev–Trinajstić information content (AvgIpc) is 2.28. The van der Waals surface area contributed by atoms with Gasteiger partial charge in [0.15, 0.2) is 0 Å². The van der Waals surface area contributed by atoms with Gasteiger partial charge in [-0.25, -0.2) is 4.39 Å². The maximum Gasteiger partial charge on any atom is 0.146 e. The molecule has 4 heteroatoms. The summed E-state index contributed by atoms with van der Waals surface area (Å²) in [6.45, 7) is 4.12. The van der Waals surface area contributed by atoms with Gasteiger partial charge in [-0.3, -0.25) is 0 Å². The first-order valence-electron chi connectivity index (χ1n) is 5.66. The fraction of sp³-hybridized carbons (Fsp3) is 0.538. The molecule has 0 heterocycles. The van der Waals surface area contributed by atoms with Gasteiger partial charge in [0.2, 0.25) is 0 Å². The zero-order valence-corrected chi connectivity index (χ0v) is 10.8. The van der Waals surface area contributed by atoms with Gasteiger partial charge in [-0.15, -0.1) is 0 Å². The molecule has 1 rings (SSSR count). The van der Waals surface area contributed by atoms with Crippen molar-refractivity contribution < 1.29 is 14.2 Å². The summed E-state index contributed by atoms with van der Waals surface area (Å²) < 4.78 is 18.9. The minimum absolute atomic E-state index is 0.0897. The van der Waals surface area contributed by atoms with Gasteiger partial charge in [-0.1, -0.05) is 6.07 Å². The van der Waals surface area contributed by atoms with Gasteiger partial charge < -0.3 is 14.7 Å². The molecular formula is C13H20FNO2. The van der Waals surface area contributed by atoms with Gasteiger partial charge in [0.05, 0.1) is 18.4 Å². The van der Waals surface area contributed by atoms with Crippen LogP contribution in [0.15, 0.2) is 18.2 Å². The van der Waals surface area contributed by atoms with Crippen molar-refractivity contribution >= 4 is 5.69 Å². The third-order valence-corrected chi connectivity index (χ3v) is 2.90. The number of benzene rings is 1. The smallest absolute Gasteiger partial charge is 0.146 e. The normalized spacial score (nSPS) is 14.5. The van der Waals surface area contributed by atoms with Crippen molar-refractivity contribution in [2.75, 3.05) is 25.7 Å². The highest BCUT2D eigenvalue weighted by Gasteiger charge is 2.14. The fourth-order valence-corrected chi connectivity index (χ4v) is 1.66. The van der Waals surface area contributed by atoms with E-state index < -0.39 is 6.10 Å². The Labute approximate surface area is 102 Å². The van der Waals surface area contributed by atoms with Crippen LogP contribution >= 0.6 is 0 Å². The Morgan fingerprint density at radius 2 is 2.06 bits per heavy atom. The predicted octanol–water partition coefficient (Wildman–Crippen LogP) is 2.35. The number of anilines is 1. The van der Waals surface area contributed by atoms with Crippen molar-refractivity contribution in [3.8, 4) is 0 Å². The van der Waals surface area contributed by atoms with E-state index in [2.05, 4.69) is 0 Å². The van der Waals surface area contributed by atoms with Crippen LogP contribution < -0.4 is 4.90 Å². The van der Waals surface area contributed by atoms with E-state index in [1.165, 1.54) is 6.07 Å². The quantitative estimate of drug-likeness (QED) is 0.859. The van der Waals surface area contributed by atoms with Gasteiger partial charge in [0.1, 0.15) is 5.82 Å². The van der Waals surface area contributed by atoms with Gasteiger partial charge in [-0.05, 0) is 31.5 Å². The lowest BCUT2D eigenvalue weighted by atomic mass is 10.1. The Morgan fingerprint density at radius 3 is 2.53 bits per heavy atom. The maximum atomic E-state index is 13.9. The molecule has 96 valence electrons. The molecule has 1 aromatic rings. The molecular weight excluding hydrogens is 221 g/mol. The standard InChI is InChI=1S/C13H20FNO2/c1-9(8-17-4)15(3)13-6-5-11(10(2)16)7-12(13)14/h5-7,9-10,16H,8H2,1-4H3. The van der Waals surface area contributed by atoms with Crippen LogP contribution in [-0.4, -0.2) is 31.9 Å². The maximum absolute atomic E-state index is 13.9. The van der Waals surface area contributed by atoms with E-state index in [4.69, 9.17) is 4.74 Å². The van der Waals surface area contributed by atoms with Crippen LogP contribution in [0.25, 0.3) is 0 Å². The van der Waals surface area contributed by atoms with Crippen LogP contribution in [0.5, 0.6) is 0 Å². The number of likely N-dealkylation sites (N-methyl/N-ethyl adjacent to an activating group) is 1. The molecule has 0 radical (unpaired) electrons. The number of halogens is 1. The van der Waals surface area contributed by atoms with Crippen LogP contribution in [0.1, 0.15) is 25.5 Å². The molecule has 0 fully saturated rings. The van der Waals surface area contributed by atoms with Gasteiger partial charge in [0, 0.05) is 20.2 Å². The Kier molecular flexibility index (Phi) is 4.90. The highest BCUT2D eigenvalue weighted by Crippen LogP contribution is 2.23. The largest absolute Gasteiger partial charge is 0.389 e. The highest BCUT2D eigenvalue weighted by molar-refractivity contribution is 5.49. The third-order valence-electron chi connectivity index (χ3n) is 2.90. The van der Waals surface area contributed by atoms with Crippen LogP contribution in [0.2, 0.25) is 0 Å². The summed E-state index contributed by atoms with van der Waals surface area (Å²) >= 11 is 0. The zero-order valence-electron chi connectivity index (χ0n) is 10.8. The molecule has 0 saturated carbocycles. The molecule has 2 atom stereocenters. The van der Waals surface area contributed by atoms with E-state index in [1.807, 2.05) is 18.9 Å². The minimum atomic E-state index is -0.653. The Morgan fingerprint density at radius 1 is 1.41 bits per heavy atom. The number of nitrogens with zero attached hydrogens (tertiary/aromatic N) is 1. The third kappa shape index (κ3) is 3.41. The summed E-state index contributed by atoms with van der Waals surface area (Å²) in [5.41, 5.74) is 1.10. The van der Waals surface area contributed by atoms with Gasteiger partial charge in [-0.2, -0.15) is 0 Å². The summed E-state index contributed by atoms with van der Waals surface area (Å²) in [6, 6.07) is 4.88. The predicted molar refractivity (Wildman–Crippen MR) is 66.8 cm³/mol. The number of ether oxygens (including phenoxy) is 1. The van der Waals surface area contributed by atoms with Crippen molar-refractivity contribution in [1.29, 1.82) is 0 Å². The average molecular weight is 241 g/mol. The van der Waals surface area contributed by atoms with E-state index in [0.717, 1.165) is 0 Å². The topological polar surface area (TPSA) is 32.7 Å². The SMILES string of the molecule is COCC(C)N(C)c1ccc(C(C)O)cc1F. The fourth-order valence-electron chi connectivity index (χ4n) is 1.66. The molecule has 0 amide bonds. The molecule has 0 aliphatic carbocycles. The van der Waals surface area contributed by atoms with Crippen LogP contribution in [0.3, 0.4) is 0 Å². The van der Waals surface area contributed by atoms with E-state index in [-0.39, 0.29) is 11.9 Å². The van der Waals surface area contributed by atoms with Crippen LogP contribution in [0.4, 0.5) is 10.1 Å². The molecule has 0 aliphatic heterocycles. The number of hydrogen-bond donors (Lipinski definition) is 1. The van der Waals surface area contributed by atoms with Crippen molar-refractivity contribution in [2.45, 2.75) is 26.0 Å². The summed E-state index contributed by atoms with van der Waals surface area (Å²) in [6.07, 6.45) is -0.653. The molecule has 1 aromatic carbocycles. The molecule has 1 N–H and O–H groups in total. The minimum Gasteiger partial charge on any atom is -0.389 e. The lowest BCUT2D eigenvalue weighted by Crippen LogP contribution is -2.33. The monoisotopic (exact) mass is 241 g/mol. The molecule has 0 aliphatic rings. The number of rotatable bonds is 5. The number of hydrogen-bond acceptors (Lipinski definition) is 3. The van der Waals surface area contributed by atoms with Gasteiger partial charge >= 0.3 is 0 Å². The second-order valence-corrected chi connectivity index (χ2v) is 4.30. The first-order chi connectivity index (χ1) is 7.97. The van der Waals surface area contributed by atoms with Crippen molar-refractivity contribution in [1.82, 2.24) is 0 Å². The molecule has 0 aromatic heterocycles. The molecule has 2 unspecified atom stereocenters. The zero-order chi connectivity index (χ0) is 13.0. The Balaban J connectivity index is 2.91. The molecule has 3 nitrogen and oxygen atoms in total. The van der Waals surface area contributed by atoms with Crippen LogP contribution in [0, 0.1) is 5.82 Å². The highest BCUT2D eigenvalue weighted by atomic mass is 19.1. The first kappa shape index (κ1) is 13.9. The Hall–Kier alpha value is -1.13. The first-order valence-corrected chi connectivity index (χ1v) is 5.66. The number of methoxy groups -OCH3 is 1. The van der Waals surface area contributed by atoms with E-state index in [1.54, 1.807) is 26.2 Å². The molecule has 0 bridgehead atoms.